The van der Waals surface area contributed by atoms with Crippen LogP contribution in [0.5, 0.6) is 0 Å². The van der Waals surface area contributed by atoms with Gasteiger partial charge in [-0.15, -0.1) is 0 Å². The molecule has 3 N–H and O–H groups in total. The van der Waals surface area contributed by atoms with Crippen LogP contribution in [0.25, 0.3) is 10.9 Å². The zero-order chi connectivity index (χ0) is 28.3. The fraction of sp³-hybridized carbons (Fsp3) is 0.355. The number of hydrogen-bond donors (Lipinski definition) is 3. The van der Waals surface area contributed by atoms with Crippen LogP contribution in [0.3, 0.4) is 0 Å². The van der Waals surface area contributed by atoms with Crippen LogP contribution in [0.2, 0.25) is 0 Å². The molecule has 0 bridgehead atoms. The zero-order valence-corrected chi connectivity index (χ0v) is 23.1. The van der Waals surface area contributed by atoms with Gasteiger partial charge < -0.3 is 25.2 Å². The molecule has 2 saturated heterocycles. The molecule has 0 unspecified atom stereocenters. The van der Waals surface area contributed by atoms with E-state index in [0.717, 1.165) is 73.6 Å². The van der Waals surface area contributed by atoms with Crippen molar-refractivity contribution in [2.24, 2.45) is 0 Å². The van der Waals surface area contributed by atoms with Crippen molar-refractivity contribution in [3.8, 4) is 0 Å². The average Bonchev–Trinajstić information content (AvgIpc) is 3.37. The highest BCUT2D eigenvalue weighted by Gasteiger charge is 2.22. The Morgan fingerprint density at radius 3 is 2.63 bits per heavy atom. The number of H-pyrrole nitrogens is 1. The minimum Gasteiger partial charge on any atom is -0.381 e. The molecule has 0 atom stereocenters. The highest BCUT2D eigenvalue weighted by molar-refractivity contribution is 6.11. The van der Waals surface area contributed by atoms with Crippen LogP contribution in [-0.4, -0.2) is 73.5 Å². The zero-order valence-electron chi connectivity index (χ0n) is 23.1. The predicted molar refractivity (Wildman–Crippen MR) is 157 cm³/mol. The Balaban J connectivity index is 1.26. The molecule has 0 saturated carbocycles. The third-order valence-corrected chi connectivity index (χ3v) is 7.96. The number of fused-ring (bicyclic) bond motifs is 1. The number of amides is 1. The molecular weight excluding hydrogens is 526 g/mol. The van der Waals surface area contributed by atoms with Gasteiger partial charge >= 0.3 is 0 Å². The summed E-state index contributed by atoms with van der Waals surface area (Å²) in [5.41, 5.74) is 4.18. The molecule has 0 spiro atoms. The maximum atomic E-state index is 14.3. The summed E-state index contributed by atoms with van der Waals surface area (Å²) in [6.07, 6.45) is 1.96. The predicted octanol–water partition coefficient (Wildman–Crippen LogP) is 5.03. The van der Waals surface area contributed by atoms with E-state index < -0.39 is 11.6 Å². The molecule has 1 aromatic heterocycles. The number of nitrogens with zero attached hydrogens (tertiary/aromatic N) is 3. The molecular formula is C31H34F2N6O2. The Kier molecular flexibility index (Phi) is 7.84. The van der Waals surface area contributed by atoms with Crippen molar-refractivity contribution < 1.29 is 18.3 Å². The molecule has 1 amide bonds. The van der Waals surface area contributed by atoms with Crippen LogP contribution in [0.15, 0.2) is 54.6 Å². The molecule has 3 heterocycles. The molecule has 2 fully saturated rings. The van der Waals surface area contributed by atoms with Gasteiger partial charge in [0.25, 0.3) is 5.91 Å². The van der Waals surface area contributed by atoms with Gasteiger partial charge in [0, 0.05) is 68.6 Å². The first-order chi connectivity index (χ1) is 19.9. The number of aromatic nitrogens is 2. The maximum absolute atomic E-state index is 14.3. The van der Waals surface area contributed by atoms with Crippen LogP contribution in [0, 0.1) is 11.6 Å². The third-order valence-electron chi connectivity index (χ3n) is 7.96. The number of carbonyl (C=O) groups excluding carboxylic acids is 1. The standard InChI is InChI=1S/C31H34F2N6O2/c1-38-10-12-39(13-11-38)24-4-5-25(29(19-24)34-23-8-14-41-15-9-23)31(40)35-30-26-17-20(2-7-28(26)36-37-30)16-21-18-22(32)3-6-27(21)33/h2-7,17-19,23,34H,8-16H2,1H3,(H2,35,36,37,40). The number of anilines is 3. The van der Waals surface area contributed by atoms with E-state index in [0.29, 0.717) is 30.0 Å². The molecule has 0 aliphatic carbocycles. The van der Waals surface area contributed by atoms with Crippen molar-refractivity contribution in [1.82, 2.24) is 15.1 Å². The molecule has 2 aliphatic heterocycles. The lowest BCUT2D eigenvalue weighted by Gasteiger charge is -2.34. The van der Waals surface area contributed by atoms with Gasteiger partial charge in [-0.05, 0) is 79.5 Å². The van der Waals surface area contributed by atoms with Gasteiger partial charge in [-0.1, -0.05) is 6.07 Å². The molecule has 41 heavy (non-hydrogen) atoms. The van der Waals surface area contributed by atoms with Gasteiger partial charge in [-0.3, -0.25) is 9.89 Å². The fourth-order valence-corrected chi connectivity index (χ4v) is 5.51. The van der Waals surface area contributed by atoms with E-state index >= 15 is 0 Å². The Labute approximate surface area is 237 Å². The summed E-state index contributed by atoms with van der Waals surface area (Å²) in [4.78, 5) is 18.3. The molecule has 8 nitrogen and oxygen atoms in total. The molecule has 2 aliphatic rings. The van der Waals surface area contributed by atoms with Crippen molar-refractivity contribution in [3.63, 3.8) is 0 Å². The number of nitrogens with one attached hydrogen (secondary N) is 3. The van der Waals surface area contributed by atoms with Crippen LogP contribution < -0.4 is 15.5 Å². The monoisotopic (exact) mass is 560 g/mol. The number of rotatable bonds is 7. The summed E-state index contributed by atoms with van der Waals surface area (Å²) in [5.74, 6) is -0.842. The van der Waals surface area contributed by atoms with E-state index in [2.05, 4.69) is 43.7 Å². The summed E-state index contributed by atoms with van der Waals surface area (Å²) < 4.78 is 33.5. The van der Waals surface area contributed by atoms with Gasteiger partial charge in [-0.2, -0.15) is 5.10 Å². The fourth-order valence-electron chi connectivity index (χ4n) is 5.51. The average molecular weight is 561 g/mol. The lowest BCUT2D eigenvalue weighted by Crippen LogP contribution is -2.44. The summed E-state index contributed by atoms with van der Waals surface area (Å²) >= 11 is 0. The van der Waals surface area contributed by atoms with Gasteiger partial charge in [0.1, 0.15) is 11.6 Å². The van der Waals surface area contributed by atoms with Crippen LogP contribution in [-0.2, 0) is 11.2 Å². The molecule has 3 aromatic carbocycles. The molecule has 4 aromatic rings. The Hall–Kier alpha value is -4.02. The summed E-state index contributed by atoms with van der Waals surface area (Å²) in [5, 5.41) is 14.6. The van der Waals surface area contributed by atoms with Crippen molar-refractivity contribution in [1.29, 1.82) is 0 Å². The van der Waals surface area contributed by atoms with E-state index in [1.807, 2.05) is 30.3 Å². The number of likely N-dealkylation sites (N-methyl/N-ethyl adjacent to an activating group) is 1. The quantitative estimate of drug-likeness (QED) is 0.294. The second-order valence-electron chi connectivity index (χ2n) is 10.9. The van der Waals surface area contributed by atoms with Crippen LogP contribution >= 0.6 is 0 Å². The Morgan fingerprint density at radius 2 is 1.83 bits per heavy atom. The second-order valence-corrected chi connectivity index (χ2v) is 10.9. The van der Waals surface area contributed by atoms with Crippen LogP contribution in [0.1, 0.15) is 34.3 Å². The topological polar surface area (TPSA) is 85.5 Å². The van der Waals surface area contributed by atoms with Gasteiger partial charge in [-0.25, -0.2) is 8.78 Å². The first-order valence-electron chi connectivity index (χ1n) is 14.1. The first-order valence-corrected chi connectivity index (χ1v) is 14.1. The molecule has 6 rings (SSSR count). The molecule has 0 radical (unpaired) electrons. The Bertz CT molecular complexity index is 1540. The molecule has 10 heteroatoms. The number of halogens is 2. The minimum atomic E-state index is -0.484. The van der Waals surface area contributed by atoms with E-state index in [1.165, 1.54) is 6.07 Å². The second kappa shape index (κ2) is 11.8. The lowest BCUT2D eigenvalue weighted by molar-refractivity contribution is 0.0904. The highest BCUT2D eigenvalue weighted by atomic mass is 19.1. The maximum Gasteiger partial charge on any atom is 0.258 e. The highest BCUT2D eigenvalue weighted by Crippen LogP contribution is 2.29. The third kappa shape index (κ3) is 6.18. The number of hydrogen-bond acceptors (Lipinski definition) is 6. The smallest absolute Gasteiger partial charge is 0.258 e. The first kappa shape index (κ1) is 27.2. The number of benzene rings is 3. The van der Waals surface area contributed by atoms with Crippen LogP contribution in [0.4, 0.5) is 26.0 Å². The number of ether oxygens (including phenoxy) is 1. The van der Waals surface area contributed by atoms with Gasteiger partial charge in [0.15, 0.2) is 5.82 Å². The number of aromatic amines is 1. The number of carbonyl (C=O) groups is 1. The minimum absolute atomic E-state index is 0.213. The van der Waals surface area contributed by atoms with E-state index in [4.69, 9.17) is 4.74 Å². The SMILES string of the molecule is CN1CCN(c2ccc(C(=O)Nc3n[nH]c4ccc(Cc5cc(F)ccc5F)cc34)c(NC3CCOCC3)c2)CC1. The van der Waals surface area contributed by atoms with Crippen molar-refractivity contribution in [2.45, 2.75) is 25.3 Å². The van der Waals surface area contributed by atoms with E-state index in [-0.39, 0.29) is 23.9 Å². The Morgan fingerprint density at radius 1 is 1.02 bits per heavy atom. The summed E-state index contributed by atoms with van der Waals surface area (Å²) in [6.45, 7) is 5.23. The number of piperazine rings is 1. The molecule has 214 valence electrons. The van der Waals surface area contributed by atoms with Crippen molar-refractivity contribution in [3.05, 3.63) is 82.9 Å². The van der Waals surface area contributed by atoms with E-state index in [9.17, 15) is 13.6 Å². The van der Waals surface area contributed by atoms with Crippen molar-refractivity contribution in [2.75, 3.05) is 62.0 Å². The summed E-state index contributed by atoms with van der Waals surface area (Å²) in [7, 11) is 2.13. The summed E-state index contributed by atoms with van der Waals surface area (Å²) in [6, 6.07) is 15.1. The van der Waals surface area contributed by atoms with Crippen molar-refractivity contribution >= 4 is 34.0 Å². The largest absolute Gasteiger partial charge is 0.381 e. The van der Waals surface area contributed by atoms with E-state index in [1.54, 1.807) is 0 Å². The lowest BCUT2D eigenvalue weighted by atomic mass is 10.0. The van der Waals surface area contributed by atoms with Gasteiger partial charge in [0.05, 0.1) is 11.1 Å². The normalized spacial score (nSPS) is 16.7. The van der Waals surface area contributed by atoms with Gasteiger partial charge in [0.2, 0.25) is 0 Å².